The summed E-state index contributed by atoms with van der Waals surface area (Å²) in [5, 5.41) is 0. The van der Waals surface area contributed by atoms with Crippen LogP contribution in [-0.4, -0.2) is 23.3 Å². The van der Waals surface area contributed by atoms with Crippen molar-refractivity contribution in [2.45, 2.75) is 32.4 Å². The second kappa shape index (κ2) is 8.03. The summed E-state index contributed by atoms with van der Waals surface area (Å²) in [7, 11) is 1.66. The van der Waals surface area contributed by atoms with Crippen LogP contribution in [0.3, 0.4) is 0 Å². The molecule has 0 fully saturated rings. The lowest BCUT2D eigenvalue weighted by atomic mass is 10.2. The molecule has 5 nitrogen and oxygen atoms in total. The van der Waals surface area contributed by atoms with Crippen molar-refractivity contribution in [3.8, 4) is 11.5 Å². The van der Waals surface area contributed by atoms with E-state index in [4.69, 9.17) is 20.2 Å². The Morgan fingerprint density at radius 2 is 1.80 bits per heavy atom. The van der Waals surface area contributed by atoms with Gasteiger partial charge in [-0.05, 0) is 49.2 Å². The first-order chi connectivity index (χ1) is 12.2. The van der Waals surface area contributed by atoms with Crippen LogP contribution in [0.25, 0.3) is 11.0 Å². The molecule has 0 saturated heterocycles. The number of methoxy groups -OCH3 is 1. The topological polar surface area (TPSA) is 62.3 Å². The van der Waals surface area contributed by atoms with Crippen LogP contribution in [-0.2, 0) is 6.54 Å². The van der Waals surface area contributed by atoms with Gasteiger partial charge in [0.15, 0.2) is 0 Å². The van der Waals surface area contributed by atoms with Gasteiger partial charge in [0.25, 0.3) is 0 Å². The van der Waals surface area contributed by atoms with Crippen molar-refractivity contribution in [3.63, 3.8) is 0 Å². The van der Waals surface area contributed by atoms with Crippen LogP contribution >= 0.6 is 0 Å². The number of fused-ring (bicyclic) bond motifs is 1. The van der Waals surface area contributed by atoms with Gasteiger partial charge in [-0.25, -0.2) is 4.98 Å². The Balaban J connectivity index is 1.65. The van der Waals surface area contributed by atoms with Crippen molar-refractivity contribution in [3.05, 3.63) is 54.4 Å². The highest BCUT2D eigenvalue weighted by molar-refractivity contribution is 5.76. The van der Waals surface area contributed by atoms with Crippen molar-refractivity contribution in [2.75, 3.05) is 13.7 Å². The molecule has 0 bridgehead atoms. The molecule has 0 aliphatic heterocycles. The number of ether oxygens (including phenoxy) is 2. The van der Waals surface area contributed by atoms with Crippen LogP contribution in [0, 0.1) is 0 Å². The van der Waals surface area contributed by atoms with E-state index in [0.29, 0.717) is 6.61 Å². The van der Waals surface area contributed by atoms with Gasteiger partial charge < -0.3 is 19.8 Å². The van der Waals surface area contributed by atoms with E-state index in [9.17, 15) is 0 Å². The summed E-state index contributed by atoms with van der Waals surface area (Å²) in [5.74, 6) is 2.63. The summed E-state index contributed by atoms with van der Waals surface area (Å²) in [4.78, 5) is 4.72. The van der Waals surface area contributed by atoms with E-state index >= 15 is 0 Å². The molecular formula is C20H25N3O2. The number of imidazole rings is 1. The van der Waals surface area contributed by atoms with E-state index in [1.807, 2.05) is 42.5 Å². The summed E-state index contributed by atoms with van der Waals surface area (Å²) in [5.41, 5.74) is 8.38. The molecule has 3 aromatic rings. The van der Waals surface area contributed by atoms with E-state index in [0.717, 1.165) is 47.7 Å². The van der Waals surface area contributed by atoms with Crippen molar-refractivity contribution < 1.29 is 9.47 Å². The molecule has 5 heteroatoms. The van der Waals surface area contributed by atoms with Crippen molar-refractivity contribution in [1.29, 1.82) is 0 Å². The Kier molecular flexibility index (Phi) is 5.56. The monoisotopic (exact) mass is 339 g/mol. The number of nitrogens with zero attached hydrogens (tertiary/aromatic N) is 2. The summed E-state index contributed by atoms with van der Waals surface area (Å²) < 4.78 is 13.2. The first kappa shape index (κ1) is 17.3. The number of benzene rings is 2. The van der Waals surface area contributed by atoms with Gasteiger partial charge in [-0.1, -0.05) is 19.1 Å². The molecule has 3 rings (SSSR count). The molecule has 1 aromatic heterocycles. The van der Waals surface area contributed by atoms with E-state index in [1.54, 1.807) is 7.11 Å². The molecule has 1 unspecified atom stereocenters. The molecule has 2 aromatic carbocycles. The largest absolute Gasteiger partial charge is 0.497 e. The van der Waals surface area contributed by atoms with Crippen molar-refractivity contribution in [1.82, 2.24) is 9.55 Å². The average molecular weight is 339 g/mol. The maximum atomic E-state index is 6.26. The lowest BCUT2D eigenvalue weighted by Crippen LogP contribution is -2.17. The summed E-state index contributed by atoms with van der Waals surface area (Å²) in [6, 6.07) is 15.8. The molecule has 1 heterocycles. The van der Waals surface area contributed by atoms with Crippen LogP contribution in [0.4, 0.5) is 0 Å². The molecule has 0 radical (unpaired) electrons. The number of rotatable bonds is 8. The number of hydrogen-bond donors (Lipinski definition) is 1. The summed E-state index contributed by atoms with van der Waals surface area (Å²) in [6.07, 6.45) is 1.75. The van der Waals surface area contributed by atoms with Crippen LogP contribution in [0.5, 0.6) is 11.5 Å². The molecule has 0 amide bonds. The predicted octanol–water partition coefficient (Wildman–Crippen LogP) is 3.92. The normalized spacial score (nSPS) is 12.3. The van der Waals surface area contributed by atoms with Gasteiger partial charge in [0.1, 0.15) is 17.3 Å². The molecule has 0 aliphatic rings. The third-order valence-corrected chi connectivity index (χ3v) is 4.31. The Morgan fingerprint density at radius 1 is 1.08 bits per heavy atom. The lowest BCUT2D eigenvalue weighted by Gasteiger charge is -2.14. The zero-order valence-corrected chi connectivity index (χ0v) is 14.8. The Morgan fingerprint density at radius 3 is 2.52 bits per heavy atom. The van der Waals surface area contributed by atoms with Gasteiger partial charge in [0.05, 0.1) is 30.8 Å². The standard InChI is InChI=1S/C20H25N3O2/c1-3-17(21)20-22-18-7-4-5-8-19(18)23(20)13-6-14-25-16-11-9-15(24-2)10-12-16/h4-5,7-12,17H,3,6,13-14,21H2,1-2H3. The zero-order chi connectivity index (χ0) is 17.6. The maximum absolute atomic E-state index is 6.26. The first-order valence-electron chi connectivity index (χ1n) is 8.70. The van der Waals surface area contributed by atoms with Gasteiger partial charge in [-0.3, -0.25) is 0 Å². The number of aromatic nitrogens is 2. The highest BCUT2D eigenvalue weighted by Gasteiger charge is 2.15. The molecule has 0 saturated carbocycles. The number of hydrogen-bond acceptors (Lipinski definition) is 4. The summed E-state index contributed by atoms with van der Waals surface area (Å²) in [6.45, 7) is 3.56. The quantitative estimate of drug-likeness (QED) is 0.632. The van der Waals surface area contributed by atoms with Gasteiger partial charge in [0, 0.05) is 6.54 Å². The van der Waals surface area contributed by atoms with E-state index < -0.39 is 0 Å². The van der Waals surface area contributed by atoms with Crippen LogP contribution in [0.1, 0.15) is 31.6 Å². The minimum Gasteiger partial charge on any atom is -0.497 e. The minimum absolute atomic E-state index is 0.0464. The molecular weight excluding hydrogens is 314 g/mol. The second-order valence-electron chi connectivity index (χ2n) is 6.00. The third-order valence-electron chi connectivity index (χ3n) is 4.31. The third kappa shape index (κ3) is 3.94. The maximum Gasteiger partial charge on any atom is 0.126 e. The van der Waals surface area contributed by atoms with Gasteiger partial charge >= 0.3 is 0 Å². The molecule has 1 atom stereocenters. The summed E-state index contributed by atoms with van der Waals surface area (Å²) >= 11 is 0. The highest BCUT2D eigenvalue weighted by Crippen LogP contribution is 2.22. The van der Waals surface area contributed by atoms with E-state index in [2.05, 4.69) is 17.6 Å². The molecule has 2 N–H and O–H groups in total. The fourth-order valence-corrected chi connectivity index (χ4v) is 2.88. The molecule has 25 heavy (non-hydrogen) atoms. The van der Waals surface area contributed by atoms with Crippen molar-refractivity contribution in [2.24, 2.45) is 5.73 Å². The fourth-order valence-electron chi connectivity index (χ4n) is 2.88. The van der Waals surface area contributed by atoms with Gasteiger partial charge in [-0.15, -0.1) is 0 Å². The Labute approximate surface area is 148 Å². The van der Waals surface area contributed by atoms with Crippen LogP contribution < -0.4 is 15.2 Å². The minimum atomic E-state index is -0.0464. The number of para-hydroxylation sites is 2. The van der Waals surface area contributed by atoms with Gasteiger partial charge in [0.2, 0.25) is 0 Å². The second-order valence-corrected chi connectivity index (χ2v) is 6.00. The fraction of sp³-hybridized carbons (Fsp3) is 0.350. The highest BCUT2D eigenvalue weighted by atomic mass is 16.5. The average Bonchev–Trinajstić information content (AvgIpc) is 3.04. The van der Waals surface area contributed by atoms with E-state index in [1.165, 1.54) is 0 Å². The smallest absolute Gasteiger partial charge is 0.126 e. The van der Waals surface area contributed by atoms with Gasteiger partial charge in [-0.2, -0.15) is 0 Å². The Bertz CT molecular complexity index is 811. The Hall–Kier alpha value is -2.53. The zero-order valence-electron chi connectivity index (χ0n) is 14.8. The first-order valence-corrected chi connectivity index (χ1v) is 8.70. The molecule has 132 valence electrons. The lowest BCUT2D eigenvalue weighted by molar-refractivity contribution is 0.300. The number of nitrogens with two attached hydrogens (primary N) is 1. The predicted molar refractivity (Wildman–Crippen MR) is 100 cm³/mol. The molecule has 0 spiro atoms. The van der Waals surface area contributed by atoms with Crippen LogP contribution in [0.15, 0.2) is 48.5 Å². The van der Waals surface area contributed by atoms with Crippen LogP contribution in [0.2, 0.25) is 0 Å². The van der Waals surface area contributed by atoms with Crippen molar-refractivity contribution >= 4 is 11.0 Å². The van der Waals surface area contributed by atoms with E-state index in [-0.39, 0.29) is 6.04 Å². The SMILES string of the molecule is CCC(N)c1nc2ccccc2n1CCCOc1ccc(OC)cc1. The number of aryl methyl sites for hydroxylation is 1. The molecule has 0 aliphatic carbocycles.